The zero-order valence-electron chi connectivity index (χ0n) is 28.4. The van der Waals surface area contributed by atoms with E-state index in [1.165, 1.54) is 14.2 Å². The fourth-order valence-corrected chi connectivity index (χ4v) is 9.91. The molecule has 12 heteroatoms. The van der Waals surface area contributed by atoms with Crippen molar-refractivity contribution in [1.82, 2.24) is 10.8 Å². The number of carboxylic acids is 2. The van der Waals surface area contributed by atoms with Crippen molar-refractivity contribution in [1.29, 1.82) is 0 Å². The zero-order chi connectivity index (χ0) is 34.4. The van der Waals surface area contributed by atoms with Gasteiger partial charge in [0.15, 0.2) is 0 Å². The van der Waals surface area contributed by atoms with E-state index in [-0.39, 0.29) is 60.3 Å². The lowest BCUT2D eigenvalue weighted by atomic mass is 9.62. The summed E-state index contributed by atoms with van der Waals surface area (Å²) < 4.78 is 9.83. The molecule has 5 N–H and O–H groups in total. The van der Waals surface area contributed by atoms with Gasteiger partial charge in [-0.25, -0.2) is 5.48 Å². The Balaban J connectivity index is 1.30. The van der Waals surface area contributed by atoms with E-state index in [2.05, 4.69) is 24.6 Å². The van der Waals surface area contributed by atoms with Crippen molar-refractivity contribution in [2.75, 3.05) is 14.2 Å². The quantitative estimate of drug-likeness (QED) is 0.157. The van der Waals surface area contributed by atoms with Gasteiger partial charge in [0.25, 0.3) is 0 Å². The van der Waals surface area contributed by atoms with Crippen molar-refractivity contribution in [2.45, 2.75) is 109 Å². The minimum absolute atomic E-state index is 0.0377. The summed E-state index contributed by atoms with van der Waals surface area (Å²) in [6, 6.07) is -0.449. The Morgan fingerprint density at radius 2 is 1.21 bits per heavy atom. The van der Waals surface area contributed by atoms with E-state index < -0.39 is 47.6 Å². The van der Waals surface area contributed by atoms with Crippen LogP contribution in [0.2, 0.25) is 0 Å². The summed E-state index contributed by atoms with van der Waals surface area (Å²) in [5.41, 5.74) is 2.49. The van der Waals surface area contributed by atoms with Crippen LogP contribution < -0.4 is 10.8 Å². The molecule has 4 rings (SSSR count). The second-order valence-electron chi connectivity index (χ2n) is 15.2. The van der Waals surface area contributed by atoms with Gasteiger partial charge in [0.05, 0.1) is 43.8 Å². The van der Waals surface area contributed by atoms with Crippen LogP contribution in [0.5, 0.6) is 0 Å². The Hall–Kier alpha value is -2.73. The SMILES string of the molecule is COC(=O)C1CCC(C(=O)O)C(C(=O)NC2CCC(CC3CCC(C(NO)C4CC(C(=O)OC)CCC4C(=O)O)C(C)C3)CC2C)C1. The highest BCUT2D eigenvalue weighted by Crippen LogP contribution is 2.46. The summed E-state index contributed by atoms with van der Waals surface area (Å²) in [6.07, 6.45) is 8.81. The number of ether oxygens (including phenoxy) is 2. The van der Waals surface area contributed by atoms with Gasteiger partial charge >= 0.3 is 23.9 Å². The number of hydroxylamine groups is 1. The maximum atomic E-state index is 13.4. The maximum Gasteiger partial charge on any atom is 0.308 e. The first kappa shape index (κ1) is 37.1. The second kappa shape index (κ2) is 16.6. The van der Waals surface area contributed by atoms with Crippen molar-refractivity contribution in [3.05, 3.63) is 0 Å². The molecule has 0 radical (unpaired) electrons. The number of hydrogen-bond acceptors (Lipinski definition) is 9. The van der Waals surface area contributed by atoms with Crippen LogP contribution in [-0.2, 0) is 33.4 Å². The van der Waals surface area contributed by atoms with Crippen LogP contribution in [0.1, 0.15) is 97.3 Å². The predicted molar refractivity (Wildman–Crippen MR) is 170 cm³/mol. The van der Waals surface area contributed by atoms with Crippen LogP contribution in [0.4, 0.5) is 0 Å². The monoisotopic (exact) mass is 664 g/mol. The highest BCUT2D eigenvalue weighted by Gasteiger charge is 2.47. The average molecular weight is 665 g/mol. The Kier molecular flexibility index (Phi) is 13.1. The van der Waals surface area contributed by atoms with E-state index in [4.69, 9.17) is 9.47 Å². The molecule has 13 atom stereocenters. The van der Waals surface area contributed by atoms with Gasteiger partial charge in [0, 0.05) is 12.1 Å². The molecule has 0 aromatic heterocycles. The van der Waals surface area contributed by atoms with Crippen LogP contribution in [0.3, 0.4) is 0 Å². The third kappa shape index (κ3) is 8.85. The number of methoxy groups -OCH3 is 2. The van der Waals surface area contributed by atoms with E-state index in [0.29, 0.717) is 37.5 Å². The number of carbonyl (C=O) groups is 5. The summed E-state index contributed by atoms with van der Waals surface area (Å²) in [5.74, 6) is -4.60. The number of rotatable bonds is 11. The molecule has 1 amide bonds. The Bertz CT molecular complexity index is 1130. The van der Waals surface area contributed by atoms with Gasteiger partial charge in [-0.2, -0.15) is 0 Å². The molecule has 0 saturated heterocycles. The second-order valence-corrected chi connectivity index (χ2v) is 15.2. The van der Waals surface area contributed by atoms with E-state index >= 15 is 0 Å². The molecular weight excluding hydrogens is 608 g/mol. The molecule has 4 saturated carbocycles. The lowest BCUT2D eigenvalue weighted by Crippen LogP contribution is -2.51. The molecule has 0 aliphatic heterocycles. The fraction of sp³-hybridized carbons (Fsp3) is 0.857. The largest absolute Gasteiger partial charge is 0.481 e. The molecule has 0 spiro atoms. The first-order valence-electron chi connectivity index (χ1n) is 17.7. The van der Waals surface area contributed by atoms with Crippen LogP contribution in [-0.4, -0.2) is 71.5 Å². The summed E-state index contributed by atoms with van der Waals surface area (Å²) >= 11 is 0. The van der Waals surface area contributed by atoms with Crippen LogP contribution >= 0.6 is 0 Å². The molecule has 0 aromatic rings. The van der Waals surface area contributed by atoms with Crippen LogP contribution in [0.15, 0.2) is 0 Å². The molecule has 4 aliphatic rings. The summed E-state index contributed by atoms with van der Waals surface area (Å²) in [5, 5.41) is 33.2. The lowest BCUT2D eigenvalue weighted by molar-refractivity contribution is -0.155. The minimum atomic E-state index is -0.999. The van der Waals surface area contributed by atoms with Gasteiger partial charge in [-0.1, -0.05) is 20.3 Å². The van der Waals surface area contributed by atoms with Crippen molar-refractivity contribution < 1.29 is 48.9 Å². The Morgan fingerprint density at radius 3 is 1.74 bits per heavy atom. The van der Waals surface area contributed by atoms with Gasteiger partial charge in [-0.05, 0) is 113 Å². The van der Waals surface area contributed by atoms with E-state index in [0.717, 1.165) is 44.9 Å². The van der Waals surface area contributed by atoms with E-state index in [1.54, 1.807) is 0 Å². The zero-order valence-corrected chi connectivity index (χ0v) is 28.4. The van der Waals surface area contributed by atoms with Gasteiger partial charge in [-0.15, -0.1) is 0 Å². The molecule has 266 valence electrons. The topological polar surface area (TPSA) is 189 Å². The number of nitrogens with one attached hydrogen (secondary N) is 2. The highest BCUT2D eigenvalue weighted by molar-refractivity contribution is 5.86. The number of aliphatic carboxylic acids is 2. The third-order valence-corrected chi connectivity index (χ3v) is 12.5. The molecule has 0 aromatic carbocycles. The Morgan fingerprint density at radius 1 is 0.660 bits per heavy atom. The number of carbonyl (C=O) groups excluding carboxylic acids is 3. The number of carboxylic acid groups (broad SMARTS) is 2. The molecule has 13 unspecified atom stereocenters. The molecular formula is C35H56N2O10. The van der Waals surface area contributed by atoms with Gasteiger partial charge < -0.3 is 30.2 Å². The summed E-state index contributed by atoms with van der Waals surface area (Å²) in [4.78, 5) is 61.9. The number of amides is 1. The van der Waals surface area contributed by atoms with E-state index in [9.17, 15) is 39.4 Å². The molecule has 0 heterocycles. The van der Waals surface area contributed by atoms with Crippen molar-refractivity contribution in [3.63, 3.8) is 0 Å². The Labute approximate surface area is 278 Å². The minimum Gasteiger partial charge on any atom is -0.481 e. The normalized spacial score (nSPS) is 38.4. The third-order valence-electron chi connectivity index (χ3n) is 12.5. The van der Waals surface area contributed by atoms with Crippen molar-refractivity contribution >= 4 is 29.8 Å². The lowest BCUT2D eigenvalue weighted by Gasteiger charge is -2.45. The molecule has 4 fully saturated rings. The first-order chi connectivity index (χ1) is 22.4. The highest BCUT2D eigenvalue weighted by atomic mass is 16.5. The summed E-state index contributed by atoms with van der Waals surface area (Å²) in [6.45, 7) is 4.33. The first-order valence-corrected chi connectivity index (χ1v) is 17.7. The average Bonchev–Trinajstić information content (AvgIpc) is 3.05. The standard InChI is InChI=1S/C35H56N2O10/c1-18-13-20(5-9-24(18)30(37-45)27-16-22(34(43)46-3)7-10-25(27)32(39)40)15-21-6-12-29(19(2)14-21)36-31(38)28-17-23(35(44)47-4)8-11-26(28)33(41)42/h18-30,37,45H,5-17H2,1-4H3,(H,36,38)(H,39,40)(H,41,42). The fourth-order valence-electron chi connectivity index (χ4n) is 9.91. The summed E-state index contributed by atoms with van der Waals surface area (Å²) in [7, 11) is 2.67. The van der Waals surface area contributed by atoms with Crippen molar-refractivity contribution in [2.24, 2.45) is 65.1 Å². The van der Waals surface area contributed by atoms with Crippen LogP contribution in [0.25, 0.3) is 0 Å². The van der Waals surface area contributed by atoms with E-state index in [1.807, 2.05) is 0 Å². The number of hydrogen-bond donors (Lipinski definition) is 5. The maximum absolute atomic E-state index is 13.4. The molecule has 4 aliphatic carbocycles. The van der Waals surface area contributed by atoms with Gasteiger partial charge in [-0.3, -0.25) is 24.0 Å². The predicted octanol–water partition coefficient (Wildman–Crippen LogP) is 4.28. The number of esters is 2. The molecule has 47 heavy (non-hydrogen) atoms. The molecule has 0 bridgehead atoms. The smallest absolute Gasteiger partial charge is 0.308 e. The van der Waals surface area contributed by atoms with Gasteiger partial charge in [0.2, 0.25) is 5.91 Å². The van der Waals surface area contributed by atoms with Crippen molar-refractivity contribution in [3.8, 4) is 0 Å². The molecule has 12 nitrogen and oxygen atoms in total. The van der Waals surface area contributed by atoms with Gasteiger partial charge in [0.1, 0.15) is 0 Å². The van der Waals surface area contributed by atoms with Crippen LogP contribution in [0, 0.1) is 65.1 Å².